The number of nitrogens with zero attached hydrogens (tertiary/aromatic N) is 2. The van der Waals surface area contributed by atoms with Crippen LogP contribution in [0.3, 0.4) is 0 Å². The second-order valence-corrected chi connectivity index (χ2v) is 10.0. The Morgan fingerprint density at radius 3 is 2.41 bits per heavy atom. The number of carbonyl (C=O) groups excluding carboxylic acids is 1. The standard InChI is InChI=1S/C25H24N2O4S/c28-25(26-15-14-20-10-4-5-11-21(20)16-26)24-17-27(22-12-6-7-13-23(22)31-24)32(29,30)18-19-8-2-1-3-9-19/h1-13,24H,14-18H2/t24-/m1/s1. The second-order valence-electron chi connectivity index (χ2n) is 8.13. The normalized spacial score (nSPS) is 17.8. The van der Waals surface area contributed by atoms with Gasteiger partial charge in [-0.15, -0.1) is 0 Å². The highest BCUT2D eigenvalue weighted by atomic mass is 32.2. The minimum atomic E-state index is -3.71. The van der Waals surface area contributed by atoms with Crippen LogP contribution in [0.2, 0.25) is 0 Å². The zero-order valence-corrected chi connectivity index (χ0v) is 18.4. The summed E-state index contributed by atoms with van der Waals surface area (Å²) in [6, 6.07) is 24.1. The van der Waals surface area contributed by atoms with E-state index in [1.165, 1.54) is 9.87 Å². The fraction of sp³-hybridized carbons (Fsp3) is 0.240. The Morgan fingerprint density at radius 2 is 1.59 bits per heavy atom. The van der Waals surface area contributed by atoms with Gasteiger partial charge in [0.1, 0.15) is 5.75 Å². The van der Waals surface area contributed by atoms with E-state index in [9.17, 15) is 13.2 Å². The molecule has 1 amide bonds. The van der Waals surface area contributed by atoms with Gasteiger partial charge in [-0.2, -0.15) is 0 Å². The van der Waals surface area contributed by atoms with Crippen LogP contribution in [-0.4, -0.2) is 38.4 Å². The summed E-state index contributed by atoms with van der Waals surface area (Å²) in [6.07, 6.45) is -0.109. The summed E-state index contributed by atoms with van der Waals surface area (Å²) in [7, 11) is -3.71. The molecule has 7 heteroatoms. The Bertz CT molecular complexity index is 1240. The van der Waals surface area contributed by atoms with Crippen LogP contribution >= 0.6 is 0 Å². The minimum absolute atomic E-state index is 0.0385. The van der Waals surface area contributed by atoms with E-state index in [0.29, 0.717) is 30.1 Å². The Morgan fingerprint density at radius 1 is 0.906 bits per heavy atom. The Labute approximate surface area is 188 Å². The van der Waals surface area contributed by atoms with Crippen molar-refractivity contribution in [1.82, 2.24) is 4.90 Å². The number of benzene rings is 3. The van der Waals surface area contributed by atoms with Gasteiger partial charge in [-0.3, -0.25) is 9.10 Å². The van der Waals surface area contributed by atoms with Crippen molar-refractivity contribution in [2.45, 2.75) is 24.8 Å². The van der Waals surface area contributed by atoms with Gasteiger partial charge in [0.05, 0.1) is 18.0 Å². The molecule has 0 saturated carbocycles. The molecule has 0 saturated heterocycles. The largest absolute Gasteiger partial charge is 0.476 e. The molecule has 0 aliphatic carbocycles. The lowest BCUT2D eigenvalue weighted by molar-refractivity contribution is -0.139. The summed E-state index contributed by atoms with van der Waals surface area (Å²) in [6.45, 7) is 1.06. The van der Waals surface area contributed by atoms with Gasteiger partial charge in [-0.25, -0.2) is 8.42 Å². The highest BCUT2D eigenvalue weighted by Crippen LogP contribution is 2.36. The summed E-state index contributed by atoms with van der Waals surface area (Å²) in [5, 5.41) is 0. The monoisotopic (exact) mass is 448 g/mol. The van der Waals surface area contributed by atoms with Gasteiger partial charge in [0, 0.05) is 13.1 Å². The molecule has 32 heavy (non-hydrogen) atoms. The molecule has 0 fully saturated rings. The molecule has 3 aromatic rings. The van der Waals surface area contributed by atoms with E-state index < -0.39 is 16.1 Å². The van der Waals surface area contributed by atoms with Gasteiger partial charge in [0.2, 0.25) is 10.0 Å². The zero-order chi connectivity index (χ0) is 22.1. The molecule has 2 aliphatic heterocycles. The van der Waals surface area contributed by atoms with Crippen LogP contribution in [0, 0.1) is 0 Å². The minimum Gasteiger partial charge on any atom is -0.476 e. The fourth-order valence-corrected chi connectivity index (χ4v) is 5.93. The van der Waals surface area contributed by atoms with Crippen LogP contribution in [0.4, 0.5) is 5.69 Å². The number of anilines is 1. The molecule has 0 bridgehead atoms. The lowest BCUT2D eigenvalue weighted by Gasteiger charge is -2.38. The van der Waals surface area contributed by atoms with Crippen LogP contribution in [0.15, 0.2) is 78.9 Å². The fourth-order valence-electron chi connectivity index (χ4n) is 4.34. The summed E-state index contributed by atoms with van der Waals surface area (Å²) in [4.78, 5) is 15.1. The predicted molar refractivity (Wildman–Crippen MR) is 123 cm³/mol. The number of carbonyl (C=O) groups is 1. The van der Waals surface area contributed by atoms with Crippen molar-refractivity contribution in [3.63, 3.8) is 0 Å². The summed E-state index contributed by atoms with van der Waals surface area (Å²) < 4.78 is 34.1. The molecule has 1 atom stereocenters. The van der Waals surface area contributed by atoms with E-state index in [0.717, 1.165) is 12.0 Å². The first kappa shape index (κ1) is 20.6. The van der Waals surface area contributed by atoms with E-state index in [1.54, 1.807) is 41.3 Å². The van der Waals surface area contributed by atoms with E-state index >= 15 is 0 Å². The van der Waals surface area contributed by atoms with Crippen molar-refractivity contribution in [3.8, 4) is 5.75 Å². The van der Waals surface area contributed by atoms with Gasteiger partial charge in [-0.1, -0.05) is 66.7 Å². The van der Waals surface area contributed by atoms with E-state index in [2.05, 4.69) is 6.07 Å². The van der Waals surface area contributed by atoms with Crippen molar-refractivity contribution in [2.75, 3.05) is 17.4 Å². The average molecular weight is 449 g/mol. The van der Waals surface area contributed by atoms with Gasteiger partial charge < -0.3 is 9.64 Å². The van der Waals surface area contributed by atoms with Gasteiger partial charge in [0.15, 0.2) is 6.10 Å². The molecule has 0 aromatic heterocycles. The molecule has 0 radical (unpaired) electrons. The maximum Gasteiger partial charge on any atom is 0.265 e. The van der Waals surface area contributed by atoms with Gasteiger partial charge in [-0.05, 0) is 35.2 Å². The summed E-state index contributed by atoms with van der Waals surface area (Å²) >= 11 is 0. The predicted octanol–water partition coefficient (Wildman–Crippen LogP) is 3.37. The highest BCUT2D eigenvalue weighted by molar-refractivity contribution is 7.92. The van der Waals surface area contributed by atoms with E-state index in [-0.39, 0.29) is 18.2 Å². The summed E-state index contributed by atoms with van der Waals surface area (Å²) in [5.74, 6) is 0.0836. The Hall–Kier alpha value is -3.32. The third kappa shape index (κ3) is 3.96. The molecule has 3 aromatic carbocycles. The number of rotatable bonds is 4. The van der Waals surface area contributed by atoms with Gasteiger partial charge >= 0.3 is 0 Å². The lowest BCUT2D eigenvalue weighted by atomic mass is 9.99. The first-order valence-corrected chi connectivity index (χ1v) is 12.3. The number of amides is 1. The molecular formula is C25H24N2O4S. The number of para-hydroxylation sites is 2. The molecule has 5 rings (SSSR count). The van der Waals surface area contributed by atoms with Crippen molar-refractivity contribution in [3.05, 3.63) is 95.6 Å². The third-order valence-electron chi connectivity index (χ3n) is 5.98. The maximum absolute atomic E-state index is 13.4. The van der Waals surface area contributed by atoms with Crippen LogP contribution in [0.25, 0.3) is 0 Å². The molecule has 164 valence electrons. The second kappa shape index (κ2) is 8.31. The quantitative estimate of drug-likeness (QED) is 0.614. The van der Waals surface area contributed by atoms with Crippen molar-refractivity contribution in [1.29, 1.82) is 0 Å². The molecule has 0 spiro atoms. The molecule has 0 unspecified atom stereocenters. The SMILES string of the molecule is O=C([C@H]1CN(S(=O)(=O)Cc2ccccc2)c2ccccc2O1)N1CCc2ccccc2C1. The first-order valence-electron chi connectivity index (χ1n) is 10.7. The number of hydrogen-bond donors (Lipinski definition) is 0. The number of ether oxygens (including phenoxy) is 1. The van der Waals surface area contributed by atoms with Crippen LogP contribution in [0.5, 0.6) is 5.75 Å². The zero-order valence-electron chi connectivity index (χ0n) is 17.6. The molecule has 6 nitrogen and oxygen atoms in total. The lowest BCUT2D eigenvalue weighted by Crippen LogP contribution is -2.52. The molecular weight excluding hydrogens is 424 g/mol. The molecule has 0 N–H and O–H groups in total. The van der Waals surface area contributed by atoms with Crippen LogP contribution in [0.1, 0.15) is 16.7 Å². The number of sulfonamides is 1. The topological polar surface area (TPSA) is 66.9 Å². The van der Waals surface area contributed by atoms with Crippen LogP contribution in [-0.2, 0) is 33.5 Å². The maximum atomic E-state index is 13.4. The van der Waals surface area contributed by atoms with Crippen molar-refractivity contribution >= 4 is 21.6 Å². The van der Waals surface area contributed by atoms with Crippen molar-refractivity contribution < 1.29 is 17.9 Å². The van der Waals surface area contributed by atoms with Gasteiger partial charge in [0.25, 0.3) is 5.91 Å². The first-order chi connectivity index (χ1) is 15.5. The Balaban J connectivity index is 1.42. The van der Waals surface area contributed by atoms with E-state index in [4.69, 9.17) is 4.74 Å². The summed E-state index contributed by atoms with van der Waals surface area (Å²) in [5.41, 5.74) is 3.54. The van der Waals surface area contributed by atoms with Crippen LogP contribution < -0.4 is 9.04 Å². The number of hydrogen-bond acceptors (Lipinski definition) is 4. The third-order valence-corrected chi connectivity index (χ3v) is 7.70. The average Bonchev–Trinajstić information content (AvgIpc) is 2.83. The molecule has 2 heterocycles. The smallest absolute Gasteiger partial charge is 0.265 e. The van der Waals surface area contributed by atoms with Crippen molar-refractivity contribution in [2.24, 2.45) is 0 Å². The Kier molecular flexibility index (Phi) is 5.35. The van der Waals surface area contributed by atoms with E-state index in [1.807, 2.05) is 36.4 Å². The highest BCUT2D eigenvalue weighted by Gasteiger charge is 2.38. The molecule has 2 aliphatic rings. The number of fused-ring (bicyclic) bond motifs is 2.